The Balaban J connectivity index is 1.78. The van der Waals surface area contributed by atoms with Gasteiger partial charge in [-0.2, -0.15) is 0 Å². The van der Waals surface area contributed by atoms with Gasteiger partial charge in [-0.3, -0.25) is 13.9 Å². The maximum atomic E-state index is 14.3. The molecule has 0 aliphatic heterocycles. The van der Waals surface area contributed by atoms with Crippen LogP contribution in [0.5, 0.6) is 0 Å². The number of halogens is 1. The normalized spacial score (nSPS) is 12.0. The number of hydrogen-bond acceptors (Lipinski definition) is 4. The van der Waals surface area contributed by atoms with Gasteiger partial charge in [0.15, 0.2) is 0 Å². The Morgan fingerprint density at radius 2 is 1.37 bits per heavy atom. The first kappa shape index (κ1) is 31.4. The lowest BCUT2D eigenvalue weighted by atomic mass is 10.0. The fourth-order valence-electron chi connectivity index (χ4n) is 4.78. The molecule has 0 spiro atoms. The van der Waals surface area contributed by atoms with Crippen molar-refractivity contribution in [3.63, 3.8) is 0 Å². The lowest BCUT2D eigenvalue weighted by Gasteiger charge is -2.33. The van der Waals surface area contributed by atoms with E-state index in [9.17, 15) is 22.4 Å². The quantitative estimate of drug-likeness (QED) is 0.231. The maximum Gasteiger partial charge on any atom is 0.264 e. The second kappa shape index (κ2) is 14.1. The van der Waals surface area contributed by atoms with Gasteiger partial charge in [0.25, 0.3) is 10.0 Å². The van der Waals surface area contributed by atoms with E-state index in [0.29, 0.717) is 11.3 Å². The number of sulfonamides is 1. The van der Waals surface area contributed by atoms with Crippen molar-refractivity contribution in [1.82, 2.24) is 10.2 Å². The van der Waals surface area contributed by atoms with Gasteiger partial charge in [0, 0.05) is 20.0 Å². The summed E-state index contributed by atoms with van der Waals surface area (Å²) >= 11 is 0. The third-order valence-electron chi connectivity index (χ3n) is 7.24. The summed E-state index contributed by atoms with van der Waals surface area (Å²) in [4.78, 5) is 29.0. The van der Waals surface area contributed by atoms with E-state index in [-0.39, 0.29) is 23.8 Å². The summed E-state index contributed by atoms with van der Waals surface area (Å²) in [5, 5.41) is 2.65. The van der Waals surface area contributed by atoms with Gasteiger partial charge in [0.2, 0.25) is 11.8 Å². The van der Waals surface area contributed by atoms with Crippen LogP contribution in [0.4, 0.5) is 10.1 Å². The minimum Gasteiger partial charge on any atom is -0.357 e. The number of likely N-dealkylation sites (N-methyl/N-ethyl adjacent to an activating group) is 1. The Kier molecular flexibility index (Phi) is 10.3. The number of carbonyl (C=O) groups is 2. The molecule has 0 aromatic heterocycles. The topological polar surface area (TPSA) is 86.8 Å². The maximum absolute atomic E-state index is 14.3. The lowest BCUT2D eigenvalue weighted by molar-refractivity contribution is -0.139. The van der Waals surface area contributed by atoms with E-state index < -0.39 is 40.2 Å². The molecule has 4 aromatic carbocycles. The third kappa shape index (κ3) is 7.87. The smallest absolute Gasteiger partial charge is 0.264 e. The van der Waals surface area contributed by atoms with Crippen LogP contribution in [0.3, 0.4) is 0 Å². The van der Waals surface area contributed by atoms with E-state index in [1.165, 1.54) is 36.2 Å². The number of anilines is 1. The molecule has 0 aliphatic carbocycles. The van der Waals surface area contributed by atoms with Gasteiger partial charge in [-0.05, 0) is 59.0 Å². The molecule has 1 unspecified atom stereocenters. The molecule has 1 atom stereocenters. The fraction of sp³-hybridized carbons (Fsp3) is 0.235. The molecule has 0 aliphatic rings. The molecule has 7 nitrogen and oxygen atoms in total. The van der Waals surface area contributed by atoms with Crippen molar-refractivity contribution in [3.8, 4) is 0 Å². The summed E-state index contributed by atoms with van der Waals surface area (Å²) < 4.78 is 42.8. The van der Waals surface area contributed by atoms with Gasteiger partial charge in [-0.25, -0.2) is 12.8 Å². The number of nitrogens with one attached hydrogen (secondary N) is 1. The van der Waals surface area contributed by atoms with Crippen LogP contribution in [-0.2, 0) is 32.6 Å². The van der Waals surface area contributed by atoms with Crippen LogP contribution in [0.15, 0.2) is 114 Å². The number of hydrogen-bond donors (Lipinski definition) is 1. The van der Waals surface area contributed by atoms with Crippen molar-refractivity contribution < 1.29 is 22.4 Å². The summed E-state index contributed by atoms with van der Waals surface area (Å²) in [7, 11) is -2.68. The average Bonchev–Trinajstić information content (AvgIpc) is 3.02. The van der Waals surface area contributed by atoms with Crippen LogP contribution >= 0.6 is 0 Å². The second-order valence-corrected chi connectivity index (χ2v) is 12.4. The molecular formula is C34H36FN3O4S. The molecule has 43 heavy (non-hydrogen) atoms. The molecule has 0 fully saturated rings. The van der Waals surface area contributed by atoms with Gasteiger partial charge in [0.05, 0.1) is 10.6 Å². The third-order valence-corrected chi connectivity index (χ3v) is 9.03. The number of benzene rings is 4. The molecule has 2 amide bonds. The van der Waals surface area contributed by atoms with Gasteiger partial charge in [0.1, 0.15) is 18.4 Å². The number of nitrogens with zero attached hydrogens (tertiary/aromatic N) is 2. The minimum atomic E-state index is -4.17. The van der Waals surface area contributed by atoms with E-state index >= 15 is 0 Å². The summed E-state index contributed by atoms with van der Waals surface area (Å²) in [6.45, 7) is 3.49. The molecule has 0 saturated carbocycles. The zero-order valence-electron chi connectivity index (χ0n) is 24.5. The van der Waals surface area contributed by atoms with Crippen molar-refractivity contribution in [1.29, 1.82) is 0 Å². The molecule has 0 heterocycles. The SMILES string of the molecule is CNC(=O)C(Cc1ccccc1)N(Cc1ccc(F)cc1)C(=O)CN(c1ccc(C(C)C)cc1)S(=O)(=O)c1ccccc1. The average molecular weight is 602 g/mol. The van der Waals surface area contributed by atoms with Crippen molar-refractivity contribution in [2.45, 2.75) is 43.7 Å². The highest BCUT2D eigenvalue weighted by Crippen LogP contribution is 2.27. The van der Waals surface area contributed by atoms with E-state index in [0.717, 1.165) is 15.4 Å². The molecule has 0 radical (unpaired) electrons. The highest BCUT2D eigenvalue weighted by molar-refractivity contribution is 7.92. The van der Waals surface area contributed by atoms with Crippen molar-refractivity contribution in [2.75, 3.05) is 17.9 Å². The van der Waals surface area contributed by atoms with Crippen LogP contribution in [0.1, 0.15) is 36.5 Å². The molecule has 1 N–H and O–H groups in total. The van der Waals surface area contributed by atoms with Crippen molar-refractivity contribution >= 4 is 27.5 Å². The molecule has 4 aromatic rings. The van der Waals surface area contributed by atoms with E-state index in [1.807, 2.05) is 56.3 Å². The Bertz CT molecular complexity index is 1610. The van der Waals surface area contributed by atoms with E-state index in [2.05, 4.69) is 5.32 Å². The van der Waals surface area contributed by atoms with Crippen LogP contribution in [0.2, 0.25) is 0 Å². The Labute approximate surface area is 253 Å². The van der Waals surface area contributed by atoms with Gasteiger partial charge < -0.3 is 10.2 Å². The molecule has 0 bridgehead atoms. The molecule has 9 heteroatoms. The predicted molar refractivity (Wildman–Crippen MR) is 166 cm³/mol. The summed E-state index contributed by atoms with van der Waals surface area (Å²) in [5.41, 5.74) is 2.76. The first-order valence-electron chi connectivity index (χ1n) is 14.1. The fourth-order valence-corrected chi connectivity index (χ4v) is 6.22. The Hall–Kier alpha value is -4.50. The van der Waals surface area contributed by atoms with Crippen molar-refractivity contribution in [3.05, 3.63) is 132 Å². The summed E-state index contributed by atoms with van der Waals surface area (Å²) in [6.07, 6.45) is 0.196. The minimum absolute atomic E-state index is 0.0322. The first-order valence-corrected chi connectivity index (χ1v) is 15.5. The Morgan fingerprint density at radius 3 is 1.93 bits per heavy atom. The highest BCUT2D eigenvalue weighted by Gasteiger charge is 2.34. The van der Waals surface area contributed by atoms with Crippen LogP contribution in [0.25, 0.3) is 0 Å². The number of carbonyl (C=O) groups excluding carboxylic acids is 2. The van der Waals surface area contributed by atoms with Gasteiger partial charge >= 0.3 is 0 Å². The molecule has 4 rings (SSSR count). The number of amides is 2. The summed E-state index contributed by atoms with van der Waals surface area (Å²) in [6, 6.07) is 28.9. The first-order chi connectivity index (χ1) is 20.6. The zero-order valence-corrected chi connectivity index (χ0v) is 25.3. The molecule has 0 saturated heterocycles. The van der Waals surface area contributed by atoms with E-state index in [4.69, 9.17) is 0 Å². The second-order valence-electron chi connectivity index (χ2n) is 10.5. The summed E-state index contributed by atoms with van der Waals surface area (Å²) in [5.74, 6) is -1.19. The number of rotatable bonds is 12. The largest absolute Gasteiger partial charge is 0.357 e. The monoisotopic (exact) mass is 601 g/mol. The molecular weight excluding hydrogens is 565 g/mol. The lowest BCUT2D eigenvalue weighted by Crippen LogP contribution is -2.53. The van der Waals surface area contributed by atoms with Crippen molar-refractivity contribution in [2.24, 2.45) is 0 Å². The predicted octanol–water partition coefficient (Wildman–Crippen LogP) is 5.53. The van der Waals surface area contributed by atoms with Crippen LogP contribution in [-0.4, -0.2) is 44.8 Å². The Morgan fingerprint density at radius 1 is 0.791 bits per heavy atom. The standard InChI is InChI=1S/C34H36FN3O4S/c1-25(2)28-16-20-30(21-17-28)38(43(41,42)31-12-8-5-9-13-31)24-33(39)37(23-27-14-18-29(35)19-15-27)32(34(40)36-3)22-26-10-6-4-7-11-26/h4-21,25,32H,22-24H2,1-3H3,(H,36,40). The zero-order chi connectivity index (χ0) is 31.0. The molecule has 224 valence electrons. The van der Waals surface area contributed by atoms with E-state index in [1.54, 1.807) is 42.5 Å². The van der Waals surface area contributed by atoms with Gasteiger partial charge in [-0.1, -0.05) is 86.6 Å². The van der Waals surface area contributed by atoms with Crippen LogP contribution < -0.4 is 9.62 Å². The van der Waals surface area contributed by atoms with Crippen LogP contribution in [0, 0.1) is 5.82 Å². The van der Waals surface area contributed by atoms with Gasteiger partial charge in [-0.15, -0.1) is 0 Å². The highest BCUT2D eigenvalue weighted by atomic mass is 32.2.